The molecule has 0 spiro atoms. The number of nitrogens with two attached hydrogens (primary N) is 2. The molecule has 7 aliphatic heterocycles. The summed E-state index contributed by atoms with van der Waals surface area (Å²) < 4.78 is 86.9. The number of ether oxygens (including phenoxy) is 14. The predicted octanol–water partition coefficient (Wildman–Crippen LogP) is 0.295. The third-order valence-electron chi connectivity index (χ3n) is 19.4. The molecule has 0 aliphatic carbocycles. The van der Waals surface area contributed by atoms with Gasteiger partial charge in [0, 0.05) is 64.0 Å². The fourth-order valence-electron chi connectivity index (χ4n) is 13.7. The Morgan fingerprint density at radius 3 is 1.69 bits per heavy atom. The van der Waals surface area contributed by atoms with E-state index < -0.39 is 168 Å². The number of nitrogens with one attached hydrogen (secondary N) is 5. The average molecular weight is 1530 g/mol. The Morgan fingerprint density at radius 2 is 1.17 bits per heavy atom. The minimum Gasteiger partial charge on any atom is -0.497 e. The quantitative estimate of drug-likeness (QED) is 0.0370. The number of aromatic nitrogens is 4. The van der Waals surface area contributed by atoms with Gasteiger partial charge in [0.2, 0.25) is 36.2 Å². The Kier molecular flexibility index (Phi) is 30.2. The number of amides is 6. The number of carbonyl (C=O) groups excluding carboxylic acids is 6. The van der Waals surface area contributed by atoms with Gasteiger partial charge in [-0.15, -0.1) is 0 Å². The standard InChI is InChI=1S/C42H59N5O14.C30H45N5O12/c1-7-8-9-10-20-56-35-32(54-6)33(58-39(35)46-19-18-30(48)47(41(46)52)23-55-22-25-14-16-26(53-5)17-15-25)34(36(43)49)59-40-31-28(60-42(3,4)61-31)21-29(57-40)38(51)45-27-13-11-12-24(2)44-37(27)50;1-4-5-6-7-13-44-24-21(43-3)22(46-28(24)35-12-11-19(37)34-30(35)42)23(25(31)39)47-29-20(38)17(36)14-18(45-29)27(41)33-16-10-8-9-15(2)32-26(16)40/h14-19,21,24,27-28,31-35,39-40H,7-13,20,22-23H2,1-6H3,(H2,43,49)(H,44,50)(H,45,51);11-12,14-17,20-24,28-29,36,38H,4-10,13H2,1-3H3,(H2,31,39)(H,32,40)(H,33,41)(H,34,37,42)/t24-,27+,28+,31+,32-,33+,34-,35-,39-,40-;15-,16+,17+,20+,21-,22+,23-,24-,28-,29-/m11/s1. The molecule has 108 heavy (non-hydrogen) atoms. The van der Waals surface area contributed by atoms with Gasteiger partial charge >= 0.3 is 11.4 Å². The summed E-state index contributed by atoms with van der Waals surface area (Å²) in [7, 11) is 4.28. The van der Waals surface area contributed by atoms with Crippen LogP contribution in [0.15, 0.2) is 91.6 Å². The maximum Gasteiger partial charge on any atom is 0.335 e. The third-order valence-corrected chi connectivity index (χ3v) is 19.4. The van der Waals surface area contributed by atoms with E-state index in [0.29, 0.717) is 44.3 Å². The molecule has 1 aromatic carbocycles. The van der Waals surface area contributed by atoms with Gasteiger partial charge in [0.1, 0.15) is 79.5 Å². The summed E-state index contributed by atoms with van der Waals surface area (Å²) in [6.07, 6.45) is -5.46. The third kappa shape index (κ3) is 21.2. The van der Waals surface area contributed by atoms with Crippen LogP contribution in [0.5, 0.6) is 5.75 Å². The lowest BCUT2D eigenvalue weighted by Gasteiger charge is -2.35. The number of H-pyrrole nitrogens is 1. The van der Waals surface area contributed by atoms with Crippen LogP contribution in [0.3, 0.4) is 0 Å². The maximum absolute atomic E-state index is 14.1. The van der Waals surface area contributed by atoms with Crippen LogP contribution in [-0.4, -0.2) is 215 Å². The van der Waals surface area contributed by atoms with E-state index >= 15 is 0 Å². The molecule has 5 fully saturated rings. The average Bonchev–Trinajstić information content (AvgIpc) is 1.61. The van der Waals surface area contributed by atoms with Crippen molar-refractivity contribution in [1.29, 1.82) is 0 Å². The van der Waals surface area contributed by atoms with E-state index in [4.69, 9.17) is 77.8 Å². The van der Waals surface area contributed by atoms with Crippen LogP contribution in [-0.2, 0) is 104 Å². The van der Waals surface area contributed by atoms with E-state index in [1.54, 1.807) is 45.2 Å². The number of benzene rings is 1. The first-order valence-corrected chi connectivity index (χ1v) is 36.7. The van der Waals surface area contributed by atoms with Crippen molar-refractivity contribution in [3.8, 4) is 5.75 Å². The molecule has 9 heterocycles. The van der Waals surface area contributed by atoms with E-state index in [2.05, 4.69) is 40.1 Å². The first-order valence-electron chi connectivity index (χ1n) is 36.7. The van der Waals surface area contributed by atoms with E-state index in [0.717, 1.165) is 78.2 Å². The molecule has 0 unspecified atom stereocenters. The van der Waals surface area contributed by atoms with E-state index in [-0.39, 0.29) is 56.2 Å². The molecule has 0 bridgehead atoms. The number of carbonyl (C=O) groups is 6. The minimum absolute atomic E-state index is 0.0373. The first-order chi connectivity index (χ1) is 51.7. The number of nitrogens with zero attached hydrogens (tertiary/aromatic N) is 3. The van der Waals surface area contributed by atoms with Crippen LogP contribution >= 0.6 is 0 Å². The van der Waals surface area contributed by atoms with Crippen molar-refractivity contribution in [2.75, 3.05) is 34.5 Å². The predicted molar refractivity (Wildman–Crippen MR) is 378 cm³/mol. The van der Waals surface area contributed by atoms with Crippen molar-refractivity contribution < 1.29 is 105 Å². The Labute approximate surface area is 622 Å². The van der Waals surface area contributed by atoms with Crippen LogP contribution in [0.4, 0.5) is 0 Å². The van der Waals surface area contributed by atoms with Crippen molar-refractivity contribution in [2.45, 2.75) is 273 Å². The number of fused-ring (bicyclic) bond motifs is 1. The topological polar surface area (TPSA) is 471 Å². The number of rotatable bonds is 33. The highest BCUT2D eigenvalue weighted by Crippen LogP contribution is 2.41. The highest BCUT2D eigenvalue weighted by Gasteiger charge is 2.57. The molecule has 10 rings (SSSR count). The molecule has 11 N–H and O–H groups in total. The number of methoxy groups -OCH3 is 3. The second-order valence-electron chi connectivity index (χ2n) is 28.0. The lowest BCUT2D eigenvalue weighted by atomic mass is 10.0. The van der Waals surface area contributed by atoms with Crippen molar-refractivity contribution >= 4 is 35.4 Å². The molecule has 0 radical (unpaired) electrons. The minimum atomic E-state index is -1.80. The van der Waals surface area contributed by atoms with Crippen molar-refractivity contribution in [1.82, 2.24) is 40.0 Å². The Balaban J connectivity index is 0.000000258. The Bertz CT molecular complexity index is 3860. The lowest BCUT2D eigenvalue weighted by Crippen LogP contribution is -2.54. The van der Waals surface area contributed by atoms with Gasteiger partial charge in [-0.1, -0.05) is 64.5 Å². The molecule has 36 nitrogen and oxygen atoms in total. The summed E-state index contributed by atoms with van der Waals surface area (Å²) in [6.45, 7) is 11.5. The molecule has 36 heteroatoms. The molecule has 6 amide bonds. The monoisotopic (exact) mass is 1520 g/mol. The number of hydrogen-bond acceptors (Lipinski definition) is 26. The van der Waals surface area contributed by atoms with Crippen molar-refractivity contribution in [3.05, 3.63) is 120 Å². The largest absolute Gasteiger partial charge is 0.497 e. The van der Waals surface area contributed by atoms with E-state index in [1.165, 1.54) is 43.3 Å². The number of hydrogen-bond donors (Lipinski definition) is 9. The highest BCUT2D eigenvalue weighted by atomic mass is 16.8. The SMILES string of the molecule is CCCCCCO[C@@H]1[C@H](OC)[C@@H]([C@@H](O[C@H]2OC(C(=O)N[C@H]3CCC[C@@H](C)NC3=O)=C[C@@H]3OC(C)(C)O[C@H]23)C(N)=O)O[C@H]1n1ccc(=O)n(COCc2ccc(OC)cc2)c1=O.CCCCCCO[C@@H]1[C@H](OC)[C@@H]([C@@H](O[C@H]2OC(C(=O)N[C@H]3CCC[C@@H](C)NC3=O)=C[C@H](O)[C@@H]2O)C(N)=O)O[C@H]1n1ccc(=O)[nH]c1=O. The number of aliphatic hydroxyl groups is 2. The van der Waals surface area contributed by atoms with E-state index in [1.807, 2.05) is 13.8 Å². The van der Waals surface area contributed by atoms with Crippen LogP contribution in [0, 0.1) is 0 Å². The molecular formula is C72H104N10O26. The van der Waals surface area contributed by atoms with Gasteiger partial charge in [-0.25, -0.2) is 14.2 Å². The lowest BCUT2D eigenvalue weighted by molar-refractivity contribution is -0.241. The summed E-state index contributed by atoms with van der Waals surface area (Å²) in [5.74, 6) is -5.45. The normalized spacial score (nSPS) is 30.0. The number of primary amides is 2. The Morgan fingerprint density at radius 1 is 0.648 bits per heavy atom. The number of aliphatic hydroxyl groups excluding tert-OH is 2. The van der Waals surface area contributed by atoms with Crippen LogP contribution in [0.25, 0.3) is 0 Å². The molecular weight excluding hydrogens is 1420 g/mol. The van der Waals surface area contributed by atoms with Crippen LogP contribution < -0.4 is 60.0 Å². The fraction of sp³-hybridized carbons (Fsp3) is 0.667. The first kappa shape index (κ1) is 83.8. The van der Waals surface area contributed by atoms with Gasteiger partial charge in [-0.2, -0.15) is 0 Å². The zero-order valence-electron chi connectivity index (χ0n) is 62.2. The molecule has 7 aliphatic rings. The highest BCUT2D eigenvalue weighted by molar-refractivity contribution is 5.96. The smallest absolute Gasteiger partial charge is 0.335 e. The van der Waals surface area contributed by atoms with Gasteiger partial charge in [0.15, 0.2) is 48.1 Å². The summed E-state index contributed by atoms with van der Waals surface area (Å²) in [6, 6.07) is 7.70. The summed E-state index contributed by atoms with van der Waals surface area (Å²) >= 11 is 0. The van der Waals surface area contributed by atoms with Gasteiger partial charge in [-0.3, -0.25) is 52.5 Å². The van der Waals surface area contributed by atoms with Gasteiger partial charge in [0.05, 0.1) is 13.7 Å². The summed E-state index contributed by atoms with van der Waals surface area (Å²) in [4.78, 5) is 132. The zero-order chi connectivity index (χ0) is 78.1. The van der Waals surface area contributed by atoms with Gasteiger partial charge in [0.25, 0.3) is 22.9 Å². The second kappa shape index (κ2) is 38.9. The van der Waals surface area contributed by atoms with Gasteiger partial charge in [-0.05, 0) is 109 Å². The number of unbranched alkanes of at least 4 members (excludes halogenated alkanes) is 6. The van der Waals surface area contributed by atoms with Crippen LogP contribution in [0.2, 0.25) is 0 Å². The molecule has 2 aromatic heterocycles. The molecule has 3 aromatic rings. The molecule has 20 atom stereocenters. The van der Waals surface area contributed by atoms with Crippen LogP contribution in [0.1, 0.15) is 149 Å². The number of aromatic amines is 1. The summed E-state index contributed by atoms with van der Waals surface area (Å²) in [5.41, 5.74) is 9.73. The van der Waals surface area contributed by atoms with Crippen molar-refractivity contribution in [2.24, 2.45) is 11.5 Å². The maximum atomic E-state index is 14.1. The molecule has 0 saturated carbocycles. The molecule has 598 valence electrons. The summed E-state index contributed by atoms with van der Waals surface area (Å²) in [5, 5.41) is 32.3. The van der Waals surface area contributed by atoms with E-state index in [9.17, 15) is 58.2 Å². The fourth-order valence-corrected chi connectivity index (χ4v) is 13.7. The second-order valence-corrected chi connectivity index (χ2v) is 28.0. The zero-order valence-corrected chi connectivity index (χ0v) is 62.2. The Hall–Kier alpha value is -8.24. The molecule has 5 saturated heterocycles. The van der Waals surface area contributed by atoms with Gasteiger partial charge < -0.3 is 109 Å². The van der Waals surface area contributed by atoms with Crippen molar-refractivity contribution in [3.63, 3.8) is 0 Å².